The van der Waals surface area contributed by atoms with Crippen LogP contribution in [0.5, 0.6) is 5.75 Å². The summed E-state index contributed by atoms with van der Waals surface area (Å²) in [5.41, 5.74) is 9.32. The third kappa shape index (κ3) is 6.18. The first kappa shape index (κ1) is 27.0. The van der Waals surface area contributed by atoms with E-state index in [2.05, 4.69) is 48.6 Å². The molecule has 0 bridgehead atoms. The third-order valence-electron chi connectivity index (χ3n) is 6.22. The summed E-state index contributed by atoms with van der Waals surface area (Å²) in [6.45, 7) is 18.5. The zero-order valence-electron chi connectivity index (χ0n) is 20.7. The number of nitrogens with zero attached hydrogens (tertiary/aromatic N) is 3. The van der Waals surface area contributed by atoms with Gasteiger partial charge in [-0.3, -0.25) is 0 Å². The highest BCUT2D eigenvalue weighted by atomic mass is 32.2. The van der Waals surface area contributed by atoms with E-state index in [9.17, 15) is 8.94 Å². The van der Waals surface area contributed by atoms with Gasteiger partial charge in [0.05, 0.1) is 19.2 Å². The highest BCUT2D eigenvalue weighted by molar-refractivity contribution is 7.90. The number of benzene rings is 1. The van der Waals surface area contributed by atoms with Crippen molar-refractivity contribution < 1.29 is 18.1 Å². The molecule has 1 heterocycles. The molecule has 2 rings (SSSR count). The molecule has 0 radical (unpaired) electrons. The molecule has 1 N–H and O–H groups in total. The molecule has 1 aliphatic rings. The number of rotatable bonds is 8. The molecule has 10 heteroatoms. The maximum atomic E-state index is 14.5. The maximum absolute atomic E-state index is 14.5. The van der Waals surface area contributed by atoms with Crippen molar-refractivity contribution in [2.45, 2.75) is 89.4 Å². The van der Waals surface area contributed by atoms with Crippen molar-refractivity contribution >= 4 is 19.7 Å². The van der Waals surface area contributed by atoms with E-state index in [1.165, 1.54) is 12.1 Å². The zero-order chi connectivity index (χ0) is 24.5. The molecule has 0 saturated heterocycles. The van der Waals surface area contributed by atoms with Crippen LogP contribution in [0.15, 0.2) is 17.2 Å². The van der Waals surface area contributed by atoms with Crippen LogP contribution in [-0.4, -0.2) is 36.4 Å². The molecule has 3 atom stereocenters. The summed E-state index contributed by atoms with van der Waals surface area (Å²) < 4.78 is 42.5. The Morgan fingerprint density at radius 3 is 2.50 bits per heavy atom. The lowest BCUT2D eigenvalue weighted by Crippen LogP contribution is -2.49. The molecule has 0 saturated carbocycles. The van der Waals surface area contributed by atoms with Crippen molar-refractivity contribution in [3.8, 4) is 5.75 Å². The lowest BCUT2D eigenvalue weighted by molar-refractivity contribution is 0.0400. The van der Waals surface area contributed by atoms with E-state index in [1.54, 1.807) is 0 Å². The molecule has 1 aromatic rings. The molecule has 3 unspecified atom stereocenters. The second-order valence-corrected chi connectivity index (χ2v) is 17.9. The molecule has 180 valence electrons. The number of hydrogen-bond acceptors (Lipinski definition) is 5. The van der Waals surface area contributed by atoms with Gasteiger partial charge in [0.25, 0.3) is 0 Å². The van der Waals surface area contributed by atoms with Gasteiger partial charge in [-0.25, -0.2) is 4.39 Å². The van der Waals surface area contributed by atoms with Gasteiger partial charge in [-0.05, 0) is 63.5 Å². The Bertz CT molecular complexity index is 881. The second-order valence-electron chi connectivity index (χ2n) is 11.1. The monoisotopic (exact) mass is 484 g/mol. The van der Waals surface area contributed by atoms with E-state index in [0.717, 1.165) is 0 Å². The summed E-state index contributed by atoms with van der Waals surface area (Å²) in [5, 5.41) is 3.79. The largest absolute Gasteiger partial charge is 0.598 e. The molecule has 0 amide bonds. The number of hydrogen-bond donors (Lipinski definition) is 1. The van der Waals surface area contributed by atoms with Crippen LogP contribution in [0.1, 0.15) is 65.6 Å². The number of ether oxygens (including phenoxy) is 1. The summed E-state index contributed by atoms with van der Waals surface area (Å²) in [6, 6.07) is 2.46. The topological polar surface area (TPSA) is 102 Å². The smallest absolute Gasteiger partial charge is 0.192 e. The van der Waals surface area contributed by atoms with Crippen LogP contribution >= 0.6 is 0 Å². The van der Waals surface area contributed by atoms with Gasteiger partial charge in [0.1, 0.15) is 21.9 Å². The highest BCUT2D eigenvalue weighted by Crippen LogP contribution is 2.43. The summed E-state index contributed by atoms with van der Waals surface area (Å²) in [4.78, 5) is 2.92. The average Bonchev–Trinajstić information content (AvgIpc) is 3.01. The number of fused-ring (bicyclic) bond motifs is 1. The van der Waals surface area contributed by atoms with Gasteiger partial charge in [-0.15, -0.1) is 4.72 Å². The minimum Gasteiger partial charge on any atom is -0.598 e. The van der Waals surface area contributed by atoms with E-state index in [0.29, 0.717) is 23.3 Å². The van der Waals surface area contributed by atoms with E-state index >= 15 is 0 Å². The Kier molecular flexibility index (Phi) is 8.02. The van der Waals surface area contributed by atoms with Gasteiger partial charge >= 0.3 is 0 Å². The van der Waals surface area contributed by atoms with Crippen molar-refractivity contribution in [3.05, 3.63) is 39.5 Å². The first-order valence-electron chi connectivity index (χ1n) is 10.9. The molecule has 1 aromatic carbocycles. The lowest BCUT2D eigenvalue weighted by atomic mass is 9.96. The molecule has 0 aliphatic carbocycles. The number of azide groups is 1. The molecular formula is C22H37FN4O3SSi. The minimum atomic E-state index is -2.09. The fraction of sp³-hybridized carbons (Fsp3) is 0.727. The highest BCUT2D eigenvalue weighted by Gasteiger charge is 2.45. The predicted molar refractivity (Wildman–Crippen MR) is 130 cm³/mol. The Morgan fingerprint density at radius 1 is 1.34 bits per heavy atom. The van der Waals surface area contributed by atoms with Gasteiger partial charge in [-0.2, -0.15) is 0 Å². The molecule has 32 heavy (non-hydrogen) atoms. The quantitative estimate of drug-likeness (QED) is 0.162. The summed E-state index contributed by atoms with van der Waals surface area (Å²) in [6.07, 6.45) is 0.371. The van der Waals surface area contributed by atoms with E-state index < -0.39 is 36.1 Å². The van der Waals surface area contributed by atoms with E-state index in [4.69, 9.17) is 14.7 Å². The van der Waals surface area contributed by atoms with Crippen molar-refractivity contribution in [1.82, 2.24) is 4.72 Å². The lowest BCUT2D eigenvalue weighted by Gasteiger charge is -2.39. The first-order valence-corrected chi connectivity index (χ1v) is 14.9. The normalized spacial score (nSPS) is 20.8. The fourth-order valence-corrected chi connectivity index (χ4v) is 5.01. The Morgan fingerprint density at radius 2 is 1.97 bits per heavy atom. The SMILES string of the molecule is CC(N[S+]([O-])C(C)(C)C)c1cc(F)cc2c1OC(CN=[N+]=[N-])(CO[Si](C)(C)C(C)(C)C)C2. The number of halogens is 1. The van der Waals surface area contributed by atoms with Gasteiger partial charge in [0, 0.05) is 33.8 Å². The Labute approximate surface area is 195 Å². The molecule has 0 fully saturated rings. The van der Waals surface area contributed by atoms with Gasteiger partial charge < -0.3 is 13.7 Å². The Hall–Kier alpha value is -1.29. The van der Waals surface area contributed by atoms with Crippen LogP contribution in [-0.2, 0) is 22.2 Å². The number of nitrogens with one attached hydrogen (secondary N) is 1. The van der Waals surface area contributed by atoms with Crippen LogP contribution in [0.3, 0.4) is 0 Å². The van der Waals surface area contributed by atoms with Crippen molar-refractivity contribution in [3.63, 3.8) is 0 Å². The zero-order valence-corrected chi connectivity index (χ0v) is 22.5. The van der Waals surface area contributed by atoms with Gasteiger partial charge in [0.2, 0.25) is 0 Å². The fourth-order valence-electron chi connectivity index (χ4n) is 3.15. The minimum absolute atomic E-state index is 0.00483. The Balaban J connectivity index is 2.37. The van der Waals surface area contributed by atoms with Gasteiger partial charge in [0.15, 0.2) is 8.32 Å². The van der Waals surface area contributed by atoms with Crippen LogP contribution < -0.4 is 9.46 Å². The van der Waals surface area contributed by atoms with Crippen LogP contribution in [0, 0.1) is 5.82 Å². The van der Waals surface area contributed by atoms with Crippen molar-refractivity contribution in [2.24, 2.45) is 5.11 Å². The molecule has 0 aromatic heterocycles. The summed E-state index contributed by atoms with van der Waals surface area (Å²) in [7, 11) is -2.09. The van der Waals surface area contributed by atoms with Gasteiger partial charge in [-0.1, -0.05) is 25.9 Å². The van der Waals surface area contributed by atoms with Crippen LogP contribution in [0.25, 0.3) is 10.4 Å². The van der Waals surface area contributed by atoms with E-state index in [-0.39, 0.29) is 24.0 Å². The molecular weight excluding hydrogens is 447 g/mol. The average molecular weight is 485 g/mol. The standard InChI is InChI=1S/C22H37FN4O3SSi/c1-15(26-31(28)20(2,3)4)18-11-17(23)10-16-12-22(13-25-27-24,30-19(16)18)14-29-32(8,9)21(5,6)7/h10-11,15,26H,12-14H2,1-9H3. The van der Waals surface area contributed by atoms with Crippen molar-refractivity contribution in [2.75, 3.05) is 13.2 Å². The molecule has 7 nitrogen and oxygen atoms in total. The van der Waals surface area contributed by atoms with Crippen LogP contribution in [0.4, 0.5) is 4.39 Å². The van der Waals surface area contributed by atoms with E-state index in [1.807, 2.05) is 27.7 Å². The maximum Gasteiger partial charge on any atom is 0.192 e. The first-order chi connectivity index (χ1) is 14.5. The van der Waals surface area contributed by atoms with Crippen molar-refractivity contribution in [1.29, 1.82) is 0 Å². The molecule has 1 aliphatic heterocycles. The predicted octanol–water partition coefficient (Wildman–Crippen LogP) is 5.94. The second kappa shape index (κ2) is 9.52. The molecule has 0 spiro atoms. The summed E-state index contributed by atoms with van der Waals surface area (Å²) >= 11 is -1.33. The summed E-state index contributed by atoms with van der Waals surface area (Å²) in [5.74, 6) is 0.159. The third-order valence-corrected chi connectivity index (χ3v) is 12.4. The van der Waals surface area contributed by atoms with Crippen LogP contribution in [0.2, 0.25) is 18.1 Å².